The van der Waals surface area contributed by atoms with Crippen LogP contribution in [0.3, 0.4) is 0 Å². The number of nitriles is 1. The lowest BCUT2D eigenvalue weighted by Gasteiger charge is -2.09. The number of aromatic nitrogens is 2. The van der Waals surface area contributed by atoms with E-state index in [2.05, 4.69) is 4.98 Å². The summed E-state index contributed by atoms with van der Waals surface area (Å²) < 4.78 is 0.976. The van der Waals surface area contributed by atoms with Crippen LogP contribution in [0.1, 0.15) is 23.3 Å². The van der Waals surface area contributed by atoms with Gasteiger partial charge in [0.05, 0.1) is 11.5 Å². The van der Waals surface area contributed by atoms with Gasteiger partial charge in [0, 0.05) is 4.88 Å². The highest BCUT2D eigenvalue weighted by Gasteiger charge is 2.20. The van der Waals surface area contributed by atoms with Crippen molar-refractivity contribution in [2.75, 3.05) is 0 Å². The first-order valence-electron chi connectivity index (χ1n) is 5.86. The number of H-pyrrole nitrogens is 1. The number of nitrogens with zero attached hydrogens (tertiary/aromatic N) is 2. The zero-order chi connectivity index (χ0) is 12.7. The van der Waals surface area contributed by atoms with Crippen molar-refractivity contribution in [1.29, 1.82) is 5.26 Å². The number of rotatable bonds is 1. The SMILES string of the molecule is N#CCn1c(=O)[nH]c2sc3c(c2c1=O)CCCC3. The number of thiophene rings is 1. The van der Waals surface area contributed by atoms with Crippen molar-refractivity contribution in [3.8, 4) is 6.07 Å². The van der Waals surface area contributed by atoms with Crippen LogP contribution < -0.4 is 11.2 Å². The summed E-state index contributed by atoms with van der Waals surface area (Å²) in [5.41, 5.74) is 0.261. The van der Waals surface area contributed by atoms with Crippen LogP contribution in [0.2, 0.25) is 0 Å². The van der Waals surface area contributed by atoms with Crippen molar-refractivity contribution in [1.82, 2.24) is 9.55 Å². The summed E-state index contributed by atoms with van der Waals surface area (Å²) in [5, 5.41) is 9.29. The van der Waals surface area contributed by atoms with Crippen molar-refractivity contribution < 1.29 is 0 Å². The van der Waals surface area contributed by atoms with Gasteiger partial charge in [0.25, 0.3) is 5.56 Å². The molecule has 2 heterocycles. The van der Waals surface area contributed by atoms with Crippen molar-refractivity contribution in [3.63, 3.8) is 0 Å². The standard InChI is InChI=1S/C12H11N3O2S/c13-5-6-15-11(16)9-7-3-1-2-4-8(7)18-10(9)14-12(15)17/h1-4,6H2,(H,14,17). The third kappa shape index (κ3) is 1.51. The normalized spacial score (nSPS) is 14.4. The van der Waals surface area contributed by atoms with E-state index >= 15 is 0 Å². The van der Waals surface area contributed by atoms with Crippen LogP contribution in [-0.4, -0.2) is 9.55 Å². The van der Waals surface area contributed by atoms with E-state index in [1.165, 1.54) is 16.2 Å². The van der Waals surface area contributed by atoms with Crippen LogP contribution in [0, 0.1) is 11.3 Å². The number of hydrogen-bond donors (Lipinski definition) is 1. The largest absolute Gasteiger partial charge is 0.330 e. The number of aryl methyl sites for hydroxylation is 2. The molecule has 6 heteroatoms. The first kappa shape index (κ1) is 11.2. The van der Waals surface area contributed by atoms with E-state index in [9.17, 15) is 9.59 Å². The molecule has 0 saturated heterocycles. The molecule has 1 aliphatic carbocycles. The maximum Gasteiger partial charge on any atom is 0.330 e. The summed E-state index contributed by atoms with van der Waals surface area (Å²) in [6.07, 6.45) is 4.09. The minimum atomic E-state index is -0.493. The highest BCUT2D eigenvalue weighted by molar-refractivity contribution is 7.18. The molecule has 18 heavy (non-hydrogen) atoms. The fourth-order valence-electron chi connectivity index (χ4n) is 2.49. The van der Waals surface area contributed by atoms with E-state index in [0.29, 0.717) is 10.2 Å². The maximum absolute atomic E-state index is 12.3. The van der Waals surface area contributed by atoms with Crippen LogP contribution in [0.15, 0.2) is 9.59 Å². The highest BCUT2D eigenvalue weighted by atomic mass is 32.1. The quantitative estimate of drug-likeness (QED) is 0.836. The molecule has 92 valence electrons. The molecule has 0 unspecified atom stereocenters. The van der Waals surface area contributed by atoms with Crippen LogP contribution in [0.4, 0.5) is 0 Å². The Morgan fingerprint density at radius 2 is 2.11 bits per heavy atom. The Bertz CT molecular complexity index is 775. The molecular weight excluding hydrogens is 250 g/mol. The second-order valence-corrected chi connectivity index (χ2v) is 5.50. The summed E-state index contributed by atoms with van der Waals surface area (Å²) in [7, 11) is 0. The zero-order valence-corrected chi connectivity index (χ0v) is 10.5. The lowest BCUT2D eigenvalue weighted by Crippen LogP contribution is -2.34. The maximum atomic E-state index is 12.3. The molecule has 0 fully saturated rings. The van der Waals surface area contributed by atoms with Crippen LogP contribution >= 0.6 is 11.3 Å². The van der Waals surface area contributed by atoms with E-state index in [1.54, 1.807) is 0 Å². The fourth-order valence-corrected chi connectivity index (χ4v) is 3.76. The van der Waals surface area contributed by atoms with Gasteiger partial charge in [0.1, 0.15) is 11.4 Å². The molecule has 0 spiro atoms. The first-order valence-corrected chi connectivity index (χ1v) is 6.68. The Morgan fingerprint density at radius 1 is 1.33 bits per heavy atom. The van der Waals surface area contributed by atoms with Gasteiger partial charge >= 0.3 is 5.69 Å². The smallest absolute Gasteiger partial charge is 0.298 e. The molecule has 2 aromatic heterocycles. The summed E-state index contributed by atoms with van der Waals surface area (Å²) in [6, 6.07) is 1.85. The lowest BCUT2D eigenvalue weighted by molar-refractivity contribution is 0.696. The molecule has 0 aliphatic heterocycles. The third-order valence-corrected chi connectivity index (χ3v) is 4.53. The first-order chi connectivity index (χ1) is 8.72. The molecule has 0 bridgehead atoms. The molecule has 0 aromatic carbocycles. The molecule has 2 aromatic rings. The van der Waals surface area contributed by atoms with Gasteiger partial charge in [0.2, 0.25) is 0 Å². The zero-order valence-electron chi connectivity index (χ0n) is 9.65. The molecule has 3 rings (SSSR count). The van der Waals surface area contributed by atoms with Crippen molar-refractivity contribution >= 4 is 21.6 Å². The predicted octanol–water partition coefficient (Wildman–Crippen LogP) is 1.15. The molecule has 0 amide bonds. The van der Waals surface area contributed by atoms with Crippen molar-refractivity contribution in [3.05, 3.63) is 31.3 Å². The molecule has 0 radical (unpaired) electrons. The lowest BCUT2D eigenvalue weighted by atomic mass is 9.97. The van der Waals surface area contributed by atoms with Gasteiger partial charge in [-0.2, -0.15) is 5.26 Å². The van der Waals surface area contributed by atoms with E-state index < -0.39 is 5.69 Å². The van der Waals surface area contributed by atoms with E-state index in [-0.39, 0.29) is 12.1 Å². The fraction of sp³-hybridized carbons (Fsp3) is 0.417. The highest BCUT2D eigenvalue weighted by Crippen LogP contribution is 2.32. The van der Waals surface area contributed by atoms with Crippen LogP contribution in [0.25, 0.3) is 10.2 Å². The van der Waals surface area contributed by atoms with Gasteiger partial charge in [-0.25, -0.2) is 9.36 Å². The molecule has 0 saturated carbocycles. The summed E-state index contributed by atoms with van der Waals surface area (Å²) in [6.45, 7) is -0.200. The van der Waals surface area contributed by atoms with Gasteiger partial charge < -0.3 is 0 Å². The van der Waals surface area contributed by atoms with Crippen molar-refractivity contribution in [2.24, 2.45) is 0 Å². The Labute approximate surface area is 106 Å². The monoisotopic (exact) mass is 261 g/mol. The molecule has 1 aliphatic rings. The second kappa shape index (κ2) is 4.10. The average molecular weight is 261 g/mol. The number of fused-ring (bicyclic) bond motifs is 3. The van der Waals surface area contributed by atoms with Crippen LogP contribution in [-0.2, 0) is 19.4 Å². The summed E-state index contributed by atoms with van der Waals surface area (Å²) in [4.78, 5) is 28.6. The number of aromatic amines is 1. The predicted molar refractivity (Wildman–Crippen MR) is 69.0 cm³/mol. The van der Waals surface area contributed by atoms with Gasteiger partial charge in [-0.1, -0.05) is 0 Å². The Hall–Kier alpha value is -1.87. The Kier molecular flexibility index (Phi) is 2.56. The minimum absolute atomic E-state index is 0.200. The second-order valence-electron chi connectivity index (χ2n) is 4.39. The topological polar surface area (TPSA) is 78.7 Å². The third-order valence-electron chi connectivity index (χ3n) is 3.32. The Morgan fingerprint density at radius 3 is 2.89 bits per heavy atom. The molecule has 0 atom stereocenters. The average Bonchev–Trinajstić information content (AvgIpc) is 2.72. The molecule has 1 N–H and O–H groups in total. The van der Waals surface area contributed by atoms with Gasteiger partial charge in [0.15, 0.2) is 0 Å². The Balaban J connectivity index is 2.40. The summed E-state index contributed by atoms with van der Waals surface area (Å²) >= 11 is 1.50. The molecular formula is C12H11N3O2S. The number of hydrogen-bond acceptors (Lipinski definition) is 4. The van der Waals surface area contributed by atoms with E-state index in [0.717, 1.165) is 35.8 Å². The number of nitrogens with one attached hydrogen (secondary N) is 1. The minimum Gasteiger partial charge on any atom is -0.298 e. The summed E-state index contributed by atoms with van der Waals surface area (Å²) in [5.74, 6) is 0. The van der Waals surface area contributed by atoms with Gasteiger partial charge in [-0.15, -0.1) is 11.3 Å². The van der Waals surface area contributed by atoms with Gasteiger partial charge in [-0.05, 0) is 31.2 Å². The van der Waals surface area contributed by atoms with Crippen molar-refractivity contribution in [2.45, 2.75) is 32.2 Å². The van der Waals surface area contributed by atoms with Gasteiger partial charge in [-0.3, -0.25) is 9.78 Å². The molecule has 5 nitrogen and oxygen atoms in total. The van der Waals surface area contributed by atoms with E-state index in [4.69, 9.17) is 5.26 Å². The van der Waals surface area contributed by atoms with Crippen LogP contribution in [0.5, 0.6) is 0 Å². The van der Waals surface area contributed by atoms with E-state index in [1.807, 2.05) is 6.07 Å².